The van der Waals surface area contributed by atoms with Crippen LogP contribution in [-0.4, -0.2) is 52.6 Å². The van der Waals surface area contributed by atoms with Crippen molar-refractivity contribution in [3.05, 3.63) is 0 Å². The quantitative estimate of drug-likeness (QED) is 0.791. The van der Waals surface area contributed by atoms with Crippen molar-refractivity contribution >= 4 is 12.0 Å². The summed E-state index contributed by atoms with van der Waals surface area (Å²) < 4.78 is 0. The molecule has 0 aromatic carbocycles. The Balaban J connectivity index is 2.03. The number of hydrogen-bond acceptors (Lipinski definition) is 2. The molecule has 0 saturated carbocycles. The molecule has 1 N–H and O–H groups in total. The molecule has 3 atom stereocenters. The minimum atomic E-state index is -0.803. The molecule has 5 heteroatoms. The first-order valence-electron chi connectivity index (χ1n) is 7.14. The zero-order valence-electron chi connectivity index (χ0n) is 12.1. The molecule has 3 unspecified atom stereocenters. The number of likely N-dealkylation sites (tertiary alicyclic amines) is 2. The first-order valence-corrected chi connectivity index (χ1v) is 7.14. The lowest BCUT2D eigenvalue weighted by molar-refractivity contribution is -0.147. The highest BCUT2D eigenvalue weighted by molar-refractivity contribution is 5.79. The molecule has 2 saturated heterocycles. The average molecular weight is 268 g/mol. The molecular weight excluding hydrogens is 244 g/mol. The number of nitrogens with zero attached hydrogens (tertiary/aromatic N) is 2. The van der Waals surface area contributed by atoms with E-state index in [9.17, 15) is 14.7 Å². The smallest absolute Gasteiger partial charge is 0.320 e. The molecule has 5 nitrogen and oxygen atoms in total. The van der Waals surface area contributed by atoms with Crippen LogP contribution < -0.4 is 0 Å². The largest absolute Gasteiger partial charge is 0.481 e. The van der Waals surface area contributed by atoms with Crippen LogP contribution in [0.4, 0.5) is 4.79 Å². The Labute approximate surface area is 114 Å². The molecular formula is C14H24N2O3. The molecule has 2 fully saturated rings. The number of urea groups is 1. The minimum Gasteiger partial charge on any atom is -0.481 e. The first-order chi connectivity index (χ1) is 8.85. The second-order valence-electron chi connectivity index (χ2n) is 6.37. The van der Waals surface area contributed by atoms with E-state index in [0.717, 1.165) is 19.4 Å². The highest BCUT2D eigenvalue weighted by atomic mass is 16.4. The van der Waals surface area contributed by atoms with Gasteiger partial charge in [0, 0.05) is 25.7 Å². The average Bonchev–Trinajstić information content (AvgIpc) is 2.76. The molecule has 2 rings (SSSR count). The molecule has 0 spiro atoms. The van der Waals surface area contributed by atoms with Crippen LogP contribution in [0.2, 0.25) is 0 Å². The minimum absolute atomic E-state index is 0.0176. The van der Waals surface area contributed by atoms with Crippen molar-refractivity contribution in [2.75, 3.05) is 19.6 Å². The van der Waals surface area contributed by atoms with Crippen molar-refractivity contribution in [1.82, 2.24) is 9.80 Å². The highest BCUT2D eigenvalue weighted by Crippen LogP contribution is 2.32. The van der Waals surface area contributed by atoms with Crippen LogP contribution in [-0.2, 0) is 4.79 Å². The molecule has 108 valence electrons. The number of piperidine rings is 1. The van der Waals surface area contributed by atoms with Crippen molar-refractivity contribution in [2.45, 2.75) is 46.1 Å². The second-order valence-corrected chi connectivity index (χ2v) is 6.37. The van der Waals surface area contributed by atoms with Gasteiger partial charge in [0.25, 0.3) is 0 Å². The molecule has 0 aliphatic carbocycles. The van der Waals surface area contributed by atoms with E-state index in [0.29, 0.717) is 25.4 Å². The van der Waals surface area contributed by atoms with Gasteiger partial charge in [-0.3, -0.25) is 4.79 Å². The fourth-order valence-electron chi connectivity index (χ4n) is 3.09. The van der Waals surface area contributed by atoms with Crippen LogP contribution in [0.1, 0.15) is 40.0 Å². The van der Waals surface area contributed by atoms with E-state index >= 15 is 0 Å². The number of carboxylic acid groups (broad SMARTS) is 1. The summed E-state index contributed by atoms with van der Waals surface area (Å²) in [4.78, 5) is 27.4. The summed E-state index contributed by atoms with van der Waals surface area (Å²) in [7, 11) is 0. The fourth-order valence-corrected chi connectivity index (χ4v) is 3.09. The predicted molar refractivity (Wildman–Crippen MR) is 71.9 cm³/mol. The van der Waals surface area contributed by atoms with Gasteiger partial charge in [0.1, 0.15) is 0 Å². The van der Waals surface area contributed by atoms with Crippen LogP contribution in [0.3, 0.4) is 0 Å². The fraction of sp³-hybridized carbons (Fsp3) is 0.857. The molecule has 0 bridgehead atoms. The Bertz CT molecular complexity index is 385. The van der Waals surface area contributed by atoms with Gasteiger partial charge in [0.15, 0.2) is 0 Å². The van der Waals surface area contributed by atoms with E-state index in [4.69, 9.17) is 0 Å². The van der Waals surface area contributed by atoms with Crippen molar-refractivity contribution in [2.24, 2.45) is 11.3 Å². The van der Waals surface area contributed by atoms with Crippen LogP contribution in [0.5, 0.6) is 0 Å². The van der Waals surface area contributed by atoms with Crippen molar-refractivity contribution in [3.8, 4) is 0 Å². The number of carbonyl (C=O) groups is 2. The van der Waals surface area contributed by atoms with E-state index in [1.54, 1.807) is 11.8 Å². The topological polar surface area (TPSA) is 60.9 Å². The first kappa shape index (κ1) is 14.2. The molecule has 0 aromatic heterocycles. The third-order valence-corrected chi connectivity index (χ3v) is 4.88. The molecule has 0 aromatic rings. The van der Waals surface area contributed by atoms with E-state index in [1.165, 1.54) is 0 Å². The van der Waals surface area contributed by atoms with E-state index in [1.807, 2.05) is 4.90 Å². The molecule has 2 aliphatic rings. The van der Waals surface area contributed by atoms with Gasteiger partial charge in [-0.2, -0.15) is 0 Å². The monoisotopic (exact) mass is 268 g/mol. The number of carboxylic acids is 1. The van der Waals surface area contributed by atoms with Gasteiger partial charge in [-0.25, -0.2) is 4.79 Å². The second kappa shape index (κ2) is 5.02. The summed E-state index contributed by atoms with van der Waals surface area (Å²) in [6.07, 6.45) is 2.75. The van der Waals surface area contributed by atoms with Crippen LogP contribution in [0, 0.1) is 11.3 Å². The lowest BCUT2D eigenvalue weighted by Crippen LogP contribution is -2.51. The molecule has 19 heavy (non-hydrogen) atoms. The number of amides is 2. The maximum atomic E-state index is 12.5. The zero-order chi connectivity index (χ0) is 14.2. The number of rotatable bonds is 1. The number of aliphatic carboxylic acids is 1. The summed E-state index contributed by atoms with van der Waals surface area (Å²) in [5.74, 6) is -0.283. The molecule has 2 amide bonds. The Hall–Kier alpha value is -1.26. The van der Waals surface area contributed by atoms with Gasteiger partial charge in [-0.1, -0.05) is 6.92 Å². The summed E-state index contributed by atoms with van der Waals surface area (Å²) in [6.45, 7) is 7.68. The predicted octanol–water partition coefficient (Wildman–Crippen LogP) is 2.02. The van der Waals surface area contributed by atoms with Crippen molar-refractivity contribution in [3.63, 3.8) is 0 Å². The Morgan fingerprint density at radius 2 is 1.95 bits per heavy atom. The van der Waals surface area contributed by atoms with Gasteiger partial charge in [-0.05, 0) is 39.0 Å². The molecule has 0 radical (unpaired) electrons. The number of carbonyl (C=O) groups excluding carboxylic acids is 1. The van der Waals surface area contributed by atoms with Gasteiger partial charge in [0.2, 0.25) is 0 Å². The van der Waals surface area contributed by atoms with Crippen LogP contribution in [0.25, 0.3) is 0 Å². The number of hydrogen-bond donors (Lipinski definition) is 1. The summed E-state index contributed by atoms with van der Waals surface area (Å²) in [5.41, 5.74) is -0.777. The maximum Gasteiger partial charge on any atom is 0.320 e. The summed E-state index contributed by atoms with van der Waals surface area (Å²) in [5, 5.41) is 9.22. The molecule has 2 heterocycles. The van der Waals surface area contributed by atoms with E-state index in [2.05, 4.69) is 13.8 Å². The van der Waals surface area contributed by atoms with E-state index < -0.39 is 11.4 Å². The van der Waals surface area contributed by atoms with E-state index in [-0.39, 0.29) is 12.1 Å². The molecule has 2 aliphatic heterocycles. The van der Waals surface area contributed by atoms with Gasteiger partial charge < -0.3 is 14.9 Å². The summed E-state index contributed by atoms with van der Waals surface area (Å²) in [6, 6.07) is 0.266. The normalized spacial score (nSPS) is 35.5. The van der Waals surface area contributed by atoms with Crippen molar-refractivity contribution in [1.29, 1.82) is 0 Å². The standard InChI is InChI=1S/C14H24N2O3/c1-10-5-4-7-16(11(10)2)13(19)15-8-6-14(3,9-15)12(17)18/h10-11H,4-9H2,1-3H3,(H,17,18). The Morgan fingerprint density at radius 3 is 2.53 bits per heavy atom. The van der Waals surface area contributed by atoms with Crippen LogP contribution >= 0.6 is 0 Å². The van der Waals surface area contributed by atoms with Crippen LogP contribution in [0.15, 0.2) is 0 Å². The third-order valence-electron chi connectivity index (χ3n) is 4.88. The Morgan fingerprint density at radius 1 is 1.26 bits per heavy atom. The SMILES string of the molecule is CC1CCCN(C(=O)N2CCC(C)(C(=O)O)C2)C1C. The van der Waals surface area contributed by atoms with Gasteiger partial charge in [0.05, 0.1) is 5.41 Å². The lowest BCUT2D eigenvalue weighted by Gasteiger charge is -2.40. The van der Waals surface area contributed by atoms with Gasteiger partial charge >= 0.3 is 12.0 Å². The maximum absolute atomic E-state index is 12.5. The van der Waals surface area contributed by atoms with Gasteiger partial charge in [-0.15, -0.1) is 0 Å². The lowest BCUT2D eigenvalue weighted by atomic mass is 9.90. The zero-order valence-corrected chi connectivity index (χ0v) is 12.1. The third kappa shape index (κ3) is 2.55. The Kier molecular flexibility index (Phi) is 3.74. The van der Waals surface area contributed by atoms with Crippen molar-refractivity contribution < 1.29 is 14.7 Å². The summed E-state index contributed by atoms with van der Waals surface area (Å²) >= 11 is 0. The highest BCUT2D eigenvalue weighted by Gasteiger charge is 2.44.